The zero-order valence-corrected chi connectivity index (χ0v) is 17.9. The second kappa shape index (κ2) is 9.79. The number of rotatable bonds is 7. The number of primary amides is 1. The molecule has 9 heteroatoms. The van der Waals surface area contributed by atoms with Crippen LogP contribution in [0.25, 0.3) is 0 Å². The molecule has 2 N–H and O–H groups in total. The standard InChI is InChI=1S/C22H20N6O2S/c1-14(2)28-21(31-18-8-16(11-23)7-17(9-18)12-24)19(10-15-3-5-26-6-4-15)20(27-28)13-30-22(25)29/h3-9,14H,10,13H2,1-2H3,(H2,25,29). The second-order valence-electron chi connectivity index (χ2n) is 6.98. The van der Waals surface area contributed by atoms with Crippen molar-refractivity contribution in [3.8, 4) is 12.1 Å². The van der Waals surface area contributed by atoms with Gasteiger partial charge in [0.1, 0.15) is 17.3 Å². The van der Waals surface area contributed by atoms with Crippen LogP contribution in [0, 0.1) is 22.7 Å². The lowest BCUT2D eigenvalue weighted by atomic mass is 10.1. The fourth-order valence-electron chi connectivity index (χ4n) is 2.99. The van der Waals surface area contributed by atoms with Gasteiger partial charge in [-0.15, -0.1) is 0 Å². The van der Waals surface area contributed by atoms with Gasteiger partial charge in [-0.3, -0.25) is 9.67 Å². The molecule has 0 fully saturated rings. The summed E-state index contributed by atoms with van der Waals surface area (Å²) < 4.78 is 6.89. The molecule has 2 aromatic heterocycles. The van der Waals surface area contributed by atoms with E-state index in [0.717, 1.165) is 21.0 Å². The third-order valence-electron chi connectivity index (χ3n) is 4.39. The molecule has 0 unspecified atom stereocenters. The first-order valence-corrected chi connectivity index (χ1v) is 10.3. The van der Waals surface area contributed by atoms with Gasteiger partial charge in [0.25, 0.3) is 0 Å². The van der Waals surface area contributed by atoms with Crippen molar-refractivity contribution in [1.29, 1.82) is 10.5 Å². The maximum Gasteiger partial charge on any atom is 0.404 e. The summed E-state index contributed by atoms with van der Waals surface area (Å²) in [5.41, 5.74) is 8.48. The Hall–Kier alpha value is -3.82. The second-order valence-corrected chi connectivity index (χ2v) is 8.04. The fraction of sp³-hybridized carbons (Fsp3) is 0.227. The molecule has 0 saturated heterocycles. The van der Waals surface area contributed by atoms with Crippen LogP contribution in [-0.2, 0) is 17.8 Å². The Morgan fingerprint density at radius 1 is 1.19 bits per heavy atom. The molecule has 0 atom stereocenters. The van der Waals surface area contributed by atoms with Crippen molar-refractivity contribution in [2.24, 2.45) is 5.73 Å². The van der Waals surface area contributed by atoms with Crippen molar-refractivity contribution >= 4 is 17.9 Å². The zero-order valence-electron chi connectivity index (χ0n) is 17.1. The van der Waals surface area contributed by atoms with Crippen LogP contribution < -0.4 is 5.73 Å². The summed E-state index contributed by atoms with van der Waals surface area (Å²) in [5.74, 6) is 0. The smallest absolute Gasteiger partial charge is 0.404 e. The highest BCUT2D eigenvalue weighted by Crippen LogP contribution is 2.36. The van der Waals surface area contributed by atoms with Crippen LogP contribution in [0.2, 0.25) is 0 Å². The van der Waals surface area contributed by atoms with Gasteiger partial charge in [0.15, 0.2) is 0 Å². The molecule has 1 amide bonds. The summed E-state index contributed by atoms with van der Waals surface area (Å²) in [7, 11) is 0. The fourth-order valence-corrected chi connectivity index (χ4v) is 4.25. The van der Waals surface area contributed by atoms with E-state index in [1.807, 2.05) is 30.7 Å². The summed E-state index contributed by atoms with van der Waals surface area (Å²) >= 11 is 1.41. The predicted octanol–water partition coefficient (Wildman–Crippen LogP) is 3.94. The SMILES string of the molecule is CC(C)n1nc(COC(N)=O)c(Cc2ccncc2)c1Sc1cc(C#N)cc(C#N)c1. The number of amides is 1. The minimum Gasteiger partial charge on any atom is -0.443 e. The van der Waals surface area contributed by atoms with Crippen LogP contribution in [0.3, 0.4) is 0 Å². The van der Waals surface area contributed by atoms with Crippen LogP contribution in [0.15, 0.2) is 52.6 Å². The lowest BCUT2D eigenvalue weighted by molar-refractivity contribution is 0.148. The molecule has 0 aliphatic rings. The van der Waals surface area contributed by atoms with Gasteiger partial charge in [0, 0.05) is 35.3 Å². The van der Waals surface area contributed by atoms with E-state index < -0.39 is 6.09 Å². The number of ether oxygens (including phenoxy) is 1. The molecule has 31 heavy (non-hydrogen) atoms. The van der Waals surface area contributed by atoms with Gasteiger partial charge in [0.2, 0.25) is 0 Å². The number of hydrogen-bond donors (Lipinski definition) is 1. The van der Waals surface area contributed by atoms with Gasteiger partial charge in [-0.2, -0.15) is 15.6 Å². The van der Waals surface area contributed by atoms with Crippen LogP contribution in [0.1, 0.15) is 47.8 Å². The first kappa shape index (κ1) is 21.9. The van der Waals surface area contributed by atoms with E-state index in [-0.39, 0.29) is 12.6 Å². The molecule has 0 aliphatic carbocycles. The van der Waals surface area contributed by atoms with Crippen LogP contribution in [0.4, 0.5) is 4.79 Å². The molecule has 8 nitrogen and oxygen atoms in total. The number of aromatic nitrogens is 3. The molecule has 2 heterocycles. The molecule has 0 radical (unpaired) electrons. The number of nitrogens with two attached hydrogens (primary N) is 1. The van der Waals surface area contributed by atoms with Crippen molar-refractivity contribution < 1.29 is 9.53 Å². The Bertz CT molecular complexity index is 1140. The molecule has 156 valence electrons. The van der Waals surface area contributed by atoms with E-state index >= 15 is 0 Å². The minimum atomic E-state index is -0.872. The van der Waals surface area contributed by atoms with Crippen LogP contribution in [0.5, 0.6) is 0 Å². The summed E-state index contributed by atoms with van der Waals surface area (Å²) in [5, 5.41) is 24.1. The van der Waals surface area contributed by atoms with Crippen molar-refractivity contribution in [2.75, 3.05) is 0 Å². The Labute approximate surface area is 184 Å². The molecule has 3 aromatic rings. The van der Waals surface area contributed by atoms with Gasteiger partial charge in [-0.05, 0) is 49.7 Å². The average Bonchev–Trinajstić information content (AvgIpc) is 3.09. The number of hydrogen-bond acceptors (Lipinski definition) is 7. The molecule has 1 aromatic carbocycles. The maximum absolute atomic E-state index is 11.2. The van der Waals surface area contributed by atoms with Gasteiger partial charge in [-0.1, -0.05) is 11.8 Å². The Morgan fingerprint density at radius 2 is 1.84 bits per heavy atom. The summed E-state index contributed by atoms with van der Waals surface area (Å²) in [6, 6.07) is 13.0. The number of nitrogens with zero attached hydrogens (tertiary/aromatic N) is 5. The van der Waals surface area contributed by atoms with E-state index in [1.165, 1.54) is 11.8 Å². The van der Waals surface area contributed by atoms with E-state index in [1.54, 1.807) is 30.6 Å². The molecule has 3 rings (SSSR count). The minimum absolute atomic E-state index is 0.0237. The molecule has 0 bridgehead atoms. The van der Waals surface area contributed by atoms with Gasteiger partial charge < -0.3 is 10.5 Å². The Kier molecular flexibility index (Phi) is 6.91. The number of carbonyl (C=O) groups is 1. The highest BCUT2D eigenvalue weighted by molar-refractivity contribution is 7.99. The third kappa shape index (κ3) is 5.41. The molecular formula is C22H20N6O2S. The third-order valence-corrected chi connectivity index (χ3v) is 5.49. The Morgan fingerprint density at radius 3 is 2.39 bits per heavy atom. The summed E-state index contributed by atoms with van der Waals surface area (Å²) in [6.07, 6.45) is 3.09. The van der Waals surface area contributed by atoms with Crippen molar-refractivity contribution in [3.63, 3.8) is 0 Å². The topological polar surface area (TPSA) is 131 Å². The number of benzene rings is 1. The van der Waals surface area contributed by atoms with Crippen LogP contribution >= 0.6 is 11.8 Å². The first-order chi connectivity index (χ1) is 14.9. The Balaban J connectivity index is 2.11. The average molecular weight is 433 g/mol. The van der Waals surface area contributed by atoms with Gasteiger partial charge in [-0.25, -0.2) is 4.79 Å². The monoisotopic (exact) mass is 432 g/mol. The van der Waals surface area contributed by atoms with E-state index in [2.05, 4.69) is 22.2 Å². The molecule has 0 aliphatic heterocycles. The number of pyridine rings is 1. The highest BCUT2D eigenvalue weighted by Gasteiger charge is 2.22. The largest absolute Gasteiger partial charge is 0.443 e. The lowest BCUT2D eigenvalue weighted by Gasteiger charge is -2.13. The molecular weight excluding hydrogens is 412 g/mol. The van der Waals surface area contributed by atoms with Crippen molar-refractivity contribution in [3.05, 3.63) is 70.7 Å². The predicted molar refractivity (Wildman–Crippen MR) is 114 cm³/mol. The van der Waals surface area contributed by atoms with E-state index in [4.69, 9.17) is 10.5 Å². The van der Waals surface area contributed by atoms with Gasteiger partial charge in [0.05, 0.1) is 23.3 Å². The summed E-state index contributed by atoms with van der Waals surface area (Å²) in [4.78, 5) is 16.0. The van der Waals surface area contributed by atoms with Crippen molar-refractivity contribution in [1.82, 2.24) is 14.8 Å². The van der Waals surface area contributed by atoms with E-state index in [9.17, 15) is 15.3 Å². The van der Waals surface area contributed by atoms with E-state index in [0.29, 0.717) is 23.2 Å². The lowest BCUT2D eigenvalue weighted by Crippen LogP contribution is -2.13. The number of carbonyl (C=O) groups excluding carboxylic acids is 1. The summed E-state index contributed by atoms with van der Waals surface area (Å²) in [6.45, 7) is 3.95. The zero-order chi connectivity index (χ0) is 22.4. The van der Waals surface area contributed by atoms with Gasteiger partial charge >= 0.3 is 6.09 Å². The normalized spacial score (nSPS) is 10.5. The van der Waals surface area contributed by atoms with Crippen LogP contribution in [-0.4, -0.2) is 20.9 Å². The number of nitriles is 2. The maximum atomic E-state index is 11.2. The van der Waals surface area contributed by atoms with Crippen molar-refractivity contribution in [2.45, 2.75) is 42.8 Å². The first-order valence-electron chi connectivity index (χ1n) is 9.45. The quantitative estimate of drug-likeness (QED) is 0.598. The molecule has 0 saturated carbocycles. The molecule has 0 spiro atoms. The highest BCUT2D eigenvalue weighted by atomic mass is 32.2.